The van der Waals surface area contributed by atoms with E-state index in [1.165, 1.54) is 0 Å². The molecule has 3 atom stereocenters. The molecule has 0 radical (unpaired) electrons. The standard InChI is InChI=1S/3C23H28N4O4/c1-27(22(29)7-3-2-5-19-6-4-12-24-26-19)13-14-31-20-10-8-17(9-11-20)15-18-16-21(28)25-23(18)30;1-27(22(29)6-3-2-5-20-24-11-4-12-25-20)13-14-31-19-9-7-17(8-10-19)15-18-16-21(28)26-23(18)30;1-27(22(29)5-3-2-4-19-16-24-10-11-25-19)12-13-31-20-8-6-17(7-9-20)14-18-15-21(28)26-23(18)30/h4,6,8-12,18H,2-3,5,7,13-16H2,1H3,(H,25,28,30);4,7-12,18H,2-3,5-6,13-16H2,1H3,(H,26,28,30);6-11,16,18H,2-5,12-15H2,1H3,(H,26,28,30). The molecule has 0 aliphatic carbocycles. The smallest absolute Gasteiger partial charge is 0.230 e. The van der Waals surface area contributed by atoms with Gasteiger partial charge in [0.2, 0.25) is 53.2 Å². The van der Waals surface area contributed by atoms with Crippen molar-refractivity contribution >= 4 is 53.2 Å². The van der Waals surface area contributed by atoms with Crippen LogP contribution in [0.15, 0.2) is 128 Å². The van der Waals surface area contributed by atoms with Crippen LogP contribution >= 0.6 is 0 Å². The van der Waals surface area contributed by atoms with E-state index < -0.39 is 0 Å². The molecule has 3 aliphatic rings. The maximum absolute atomic E-state index is 12.2. The molecular formula is C69H84N12O12. The molecule has 3 unspecified atom stereocenters. The number of nitrogens with one attached hydrogen (secondary N) is 3. The number of aryl methyl sites for hydroxylation is 3. The number of hydrogen-bond donors (Lipinski definition) is 3. The van der Waals surface area contributed by atoms with Crippen LogP contribution in [-0.4, -0.2) is 159 Å². The first-order valence-electron chi connectivity index (χ1n) is 31.7. The van der Waals surface area contributed by atoms with Crippen LogP contribution < -0.4 is 30.2 Å². The van der Waals surface area contributed by atoms with Gasteiger partial charge in [-0.1, -0.05) is 36.4 Å². The number of aromatic nitrogens is 6. The number of carbonyl (C=O) groups is 9. The second kappa shape index (κ2) is 38.1. The van der Waals surface area contributed by atoms with Crippen molar-refractivity contribution in [2.45, 2.75) is 116 Å². The predicted octanol–water partition coefficient (Wildman–Crippen LogP) is 5.80. The van der Waals surface area contributed by atoms with Gasteiger partial charge in [0, 0.05) is 103 Å². The highest BCUT2D eigenvalue weighted by molar-refractivity contribution is 6.04. The molecule has 3 N–H and O–H groups in total. The van der Waals surface area contributed by atoms with Gasteiger partial charge >= 0.3 is 0 Å². The Morgan fingerprint density at radius 1 is 0.441 bits per heavy atom. The Balaban J connectivity index is 0.000000198. The van der Waals surface area contributed by atoms with Crippen LogP contribution in [-0.2, 0) is 81.7 Å². The number of benzene rings is 3. The predicted molar refractivity (Wildman–Crippen MR) is 342 cm³/mol. The van der Waals surface area contributed by atoms with Crippen LogP contribution in [0.25, 0.3) is 0 Å². The second-order valence-electron chi connectivity index (χ2n) is 23.2. The molecule has 6 heterocycles. The Bertz CT molecular complexity index is 3010. The van der Waals surface area contributed by atoms with E-state index in [0.29, 0.717) is 95.2 Å². The lowest BCUT2D eigenvalue weighted by molar-refractivity contribution is -0.131. The summed E-state index contributed by atoms with van der Waals surface area (Å²) >= 11 is 0. The van der Waals surface area contributed by atoms with Crippen molar-refractivity contribution in [3.8, 4) is 17.2 Å². The molecule has 492 valence electrons. The van der Waals surface area contributed by atoms with Crippen molar-refractivity contribution in [2.24, 2.45) is 17.8 Å². The largest absolute Gasteiger partial charge is 0.492 e. The summed E-state index contributed by atoms with van der Waals surface area (Å²) < 4.78 is 17.2. The van der Waals surface area contributed by atoms with Gasteiger partial charge in [-0.25, -0.2) is 9.97 Å². The number of amides is 9. The highest BCUT2D eigenvalue weighted by atomic mass is 16.5. The molecule has 9 rings (SSSR count). The normalized spacial score (nSPS) is 15.6. The molecule has 93 heavy (non-hydrogen) atoms. The van der Waals surface area contributed by atoms with E-state index in [9.17, 15) is 43.2 Å². The summed E-state index contributed by atoms with van der Waals surface area (Å²) in [6.07, 6.45) is 21.6. The third-order valence-electron chi connectivity index (χ3n) is 15.8. The minimum absolute atomic E-state index is 0.0947. The van der Waals surface area contributed by atoms with E-state index in [1.54, 1.807) is 79.1 Å². The van der Waals surface area contributed by atoms with Crippen LogP contribution in [0.1, 0.15) is 111 Å². The third kappa shape index (κ3) is 25.7. The molecule has 0 spiro atoms. The zero-order valence-corrected chi connectivity index (χ0v) is 53.3. The summed E-state index contributed by atoms with van der Waals surface area (Å²) in [5.74, 6) is 1.12. The first kappa shape index (κ1) is 70.6. The van der Waals surface area contributed by atoms with Crippen molar-refractivity contribution in [2.75, 3.05) is 60.6 Å². The number of unbranched alkanes of at least 4 members (excludes halogenated alkanes) is 3. The summed E-state index contributed by atoms with van der Waals surface area (Å²) in [4.78, 5) is 127. The highest BCUT2D eigenvalue weighted by Crippen LogP contribution is 2.23. The number of rotatable bonds is 33. The molecule has 6 aromatic rings. The fourth-order valence-corrected chi connectivity index (χ4v) is 10.3. The summed E-state index contributed by atoms with van der Waals surface area (Å²) in [5, 5.41) is 14.9. The molecule has 3 aliphatic heterocycles. The van der Waals surface area contributed by atoms with Gasteiger partial charge in [-0.05, 0) is 142 Å². The molecule has 3 aromatic carbocycles. The van der Waals surface area contributed by atoms with E-state index in [0.717, 1.165) is 91.7 Å². The van der Waals surface area contributed by atoms with Gasteiger partial charge in [0.1, 0.15) is 42.9 Å². The van der Waals surface area contributed by atoms with Gasteiger partial charge in [-0.2, -0.15) is 10.2 Å². The number of ether oxygens (including phenoxy) is 3. The van der Waals surface area contributed by atoms with Gasteiger partial charge in [-0.15, -0.1) is 0 Å². The first-order chi connectivity index (χ1) is 45.0. The number of nitrogens with zero attached hydrogens (tertiary/aromatic N) is 9. The Labute approximate surface area is 542 Å². The summed E-state index contributed by atoms with van der Waals surface area (Å²) in [5.41, 5.74) is 4.84. The van der Waals surface area contributed by atoms with E-state index >= 15 is 0 Å². The van der Waals surface area contributed by atoms with Crippen LogP contribution in [0.4, 0.5) is 0 Å². The van der Waals surface area contributed by atoms with Crippen LogP contribution in [0.3, 0.4) is 0 Å². The lowest BCUT2D eigenvalue weighted by Crippen LogP contribution is -2.30. The molecular weight excluding hydrogens is 1190 g/mol. The quantitative estimate of drug-likeness (QED) is 0.0324. The molecule has 0 saturated carbocycles. The van der Waals surface area contributed by atoms with Crippen molar-refractivity contribution in [3.63, 3.8) is 0 Å². The average Bonchev–Trinajstić information content (AvgIpc) is 2.01. The average molecular weight is 1270 g/mol. The van der Waals surface area contributed by atoms with Gasteiger partial charge < -0.3 is 28.9 Å². The SMILES string of the molecule is CN(CCOc1ccc(CC2CC(=O)NC2=O)cc1)C(=O)CCCCc1cccnn1.CN(CCOc1ccc(CC2CC(=O)NC2=O)cc1)C(=O)CCCCc1cnccn1.CN(CCOc1ccc(CC2CC(=O)NC2=O)cc1)C(=O)CCCCc1ncccn1. The third-order valence-corrected chi connectivity index (χ3v) is 15.8. The minimum atomic E-state index is -0.292. The van der Waals surface area contributed by atoms with E-state index in [1.807, 2.05) is 84.9 Å². The van der Waals surface area contributed by atoms with Crippen LogP contribution in [0.5, 0.6) is 17.2 Å². The highest BCUT2D eigenvalue weighted by Gasteiger charge is 2.32. The van der Waals surface area contributed by atoms with Gasteiger partial charge in [0.05, 0.1) is 48.8 Å². The van der Waals surface area contributed by atoms with E-state index in [4.69, 9.17) is 14.2 Å². The van der Waals surface area contributed by atoms with E-state index in [2.05, 4.69) is 46.1 Å². The summed E-state index contributed by atoms with van der Waals surface area (Å²) in [6.45, 7) is 2.73. The lowest BCUT2D eigenvalue weighted by Gasteiger charge is -2.17. The zero-order chi connectivity index (χ0) is 66.2. The zero-order valence-electron chi connectivity index (χ0n) is 53.3. The maximum atomic E-state index is 12.2. The van der Waals surface area contributed by atoms with Crippen molar-refractivity contribution in [1.29, 1.82) is 0 Å². The molecule has 3 aromatic heterocycles. The van der Waals surface area contributed by atoms with Gasteiger partial charge in [0.25, 0.3) is 0 Å². The fraction of sp³-hybridized carbons (Fsp3) is 0.435. The maximum Gasteiger partial charge on any atom is 0.230 e. The van der Waals surface area contributed by atoms with Crippen molar-refractivity contribution in [1.82, 2.24) is 60.8 Å². The van der Waals surface area contributed by atoms with Crippen molar-refractivity contribution < 1.29 is 57.4 Å². The Kier molecular flexibility index (Phi) is 28.9. The lowest BCUT2D eigenvalue weighted by atomic mass is 9.98. The van der Waals surface area contributed by atoms with Crippen LogP contribution in [0, 0.1) is 17.8 Å². The minimum Gasteiger partial charge on any atom is -0.492 e. The first-order valence-corrected chi connectivity index (χ1v) is 31.7. The molecule has 3 fully saturated rings. The van der Waals surface area contributed by atoms with E-state index in [-0.39, 0.29) is 90.2 Å². The van der Waals surface area contributed by atoms with Gasteiger partial charge in [0.15, 0.2) is 0 Å². The molecule has 0 bridgehead atoms. The number of imide groups is 3. The summed E-state index contributed by atoms with van der Waals surface area (Å²) in [7, 11) is 5.35. The summed E-state index contributed by atoms with van der Waals surface area (Å²) in [6, 6.07) is 28.1. The van der Waals surface area contributed by atoms with Gasteiger partial charge in [-0.3, -0.25) is 69.1 Å². The Morgan fingerprint density at radius 3 is 1.17 bits per heavy atom. The Morgan fingerprint density at radius 2 is 0.828 bits per heavy atom. The Hall–Kier alpha value is -9.87. The number of carbonyl (C=O) groups excluding carboxylic acids is 9. The second-order valence-corrected chi connectivity index (χ2v) is 23.2. The molecule has 3 saturated heterocycles. The molecule has 24 heteroatoms. The fourth-order valence-electron chi connectivity index (χ4n) is 10.3. The number of hydrogen-bond acceptors (Lipinski definition) is 18. The topological polar surface area (TPSA) is 304 Å². The molecule has 9 amide bonds. The van der Waals surface area contributed by atoms with Crippen molar-refractivity contribution in [3.05, 3.63) is 162 Å². The van der Waals surface area contributed by atoms with Crippen LogP contribution in [0.2, 0.25) is 0 Å². The monoisotopic (exact) mass is 1270 g/mol. The molecule has 24 nitrogen and oxygen atoms in total. The number of likely N-dealkylation sites (N-methyl/N-ethyl adjacent to an activating group) is 3.